The highest BCUT2D eigenvalue weighted by atomic mass is 35.5. The maximum Gasteiger partial charge on any atom is 0.253 e. The van der Waals surface area contributed by atoms with E-state index in [4.69, 9.17) is 17.2 Å². The molecule has 3 atom stereocenters. The highest BCUT2D eigenvalue weighted by Gasteiger charge is 2.26. The van der Waals surface area contributed by atoms with Crippen LogP contribution in [0, 0.1) is 0 Å². The molecule has 12 N–H and O–H groups in total. The topological polar surface area (TPSA) is 291 Å². The van der Waals surface area contributed by atoms with Crippen LogP contribution >= 0.6 is 12.4 Å². The molecule has 0 unspecified atom stereocenters. The van der Waals surface area contributed by atoms with Gasteiger partial charge >= 0.3 is 0 Å². The van der Waals surface area contributed by atoms with E-state index in [0.717, 1.165) is 16.7 Å². The van der Waals surface area contributed by atoms with Gasteiger partial charge in [-0.15, -0.1) is 12.4 Å². The minimum Gasteiger partial charge on any atom is -0.340 e. The number of nitrogens with one attached hydrogen (secondary N) is 6. The van der Waals surface area contributed by atoms with E-state index in [1.165, 1.54) is 18.6 Å². The second-order valence-electron chi connectivity index (χ2n) is 17.4. The molecule has 6 amide bonds. The first kappa shape index (κ1) is 57.0. The number of aromatic nitrogens is 3. The number of carbonyl (C=O) groups excluding carboxylic acids is 6. The van der Waals surface area contributed by atoms with Gasteiger partial charge in [0.25, 0.3) is 17.7 Å². The van der Waals surface area contributed by atoms with E-state index in [0.29, 0.717) is 111 Å². The van der Waals surface area contributed by atoms with Gasteiger partial charge in [0.05, 0.1) is 16.7 Å². The first-order valence-electron chi connectivity index (χ1n) is 24.5. The Labute approximate surface area is 437 Å². The lowest BCUT2D eigenvalue weighted by atomic mass is 9.85. The third kappa shape index (κ3) is 17.4. The van der Waals surface area contributed by atoms with Crippen LogP contribution in [0.4, 0.5) is 17.1 Å². The molecule has 0 aliphatic heterocycles. The van der Waals surface area contributed by atoms with Crippen LogP contribution in [-0.4, -0.2) is 88.2 Å². The van der Waals surface area contributed by atoms with Crippen molar-refractivity contribution >= 4 is 64.9 Å². The monoisotopic (exact) mass is 1020 g/mol. The van der Waals surface area contributed by atoms with E-state index in [2.05, 4.69) is 46.9 Å². The fourth-order valence-corrected chi connectivity index (χ4v) is 8.04. The van der Waals surface area contributed by atoms with Crippen molar-refractivity contribution in [2.24, 2.45) is 17.2 Å². The minimum atomic E-state index is -0.831. The fourth-order valence-electron chi connectivity index (χ4n) is 8.04. The van der Waals surface area contributed by atoms with Crippen molar-refractivity contribution in [2.45, 2.75) is 81.8 Å². The van der Waals surface area contributed by atoms with E-state index < -0.39 is 35.8 Å². The Kier molecular flexibility index (Phi) is 23.3. The molecular formula is C55H65ClN12O6. The van der Waals surface area contributed by atoms with E-state index in [-0.39, 0.29) is 36.0 Å². The summed E-state index contributed by atoms with van der Waals surface area (Å²) in [5.41, 5.74) is 22.3. The zero-order chi connectivity index (χ0) is 51.8. The lowest BCUT2D eigenvalue weighted by Crippen LogP contribution is -2.43. The van der Waals surface area contributed by atoms with Crippen LogP contribution in [0.25, 0.3) is 0 Å². The maximum atomic E-state index is 13.7. The molecule has 19 heteroatoms. The summed E-state index contributed by atoms with van der Waals surface area (Å²) < 4.78 is 0. The number of halogens is 1. The van der Waals surface area contributed by atoms with Crippen molar-refractivity contribution in [2.75, 3.05) is 35.6 Å². The van der Waals surface area contributed by atoms with Crippen LogP contribution in [0.2, 0.25) is 0 Å². The van der Waals surface area contributed by atoms with Crippen molar-refractivity contribution in [3.63, 3.8) is 0 Å². The predicted molar refractivity (Wildman–Crippen MR) is 289 cm³/mol. The standard InChI is InChI=1S/C55H64N12O6.ClH/c56-28-4-1-13-46(65-50(68)40-10-7-31-59-34-40)53(71)62-43-22-16-37(17-23-43)49(38-18-24-44(25-19-38)63-54(72)47(14-2-5-29-57)66-51(69)41-11-8-32-60-35-41)39-20-26-45(27-21-39)64-55(73)48(15-3-6-30-58)67-52(70)42-12-9-33-61-36-42;/h7-12,16-27,31-36,46-49H,1-6,13-15,28-30,56-58H2,(H,62,71)(H,63,72)(H,64,73)(H,65,68)(H,66,69)(H,67,70);1H/t46-,47-,48-;/m0./s1. The molecular weight excluding hydrogens is 960 g/mol. The second kappa shape index (κ2) is 30.2. The molecule has 0 fully saturated rings. The van der Waals surface area contributed by atoms with Gasteiger partial charge in [-0.1, -0.05) is 36.4 Å². The van der Waals surface area contributed by atoms with Gasteiger partial charge in [0.2, 0.25) is 17.7 Å². The average molecular weight is 1030 g/mol. The van der Waals surface area contributed by atoms with E-state index >= 15 is 0 Å². The van der Waals surface area contributed by atoms with E-state index in [1.807, 2.05) is 36.4 Å². The number of carbonyl (C=O) groups is 6. The zero-order valence-corrected chi connectivity index (χ0v) is 41.9. The van der Waals surface area contributed by atoms with Gasteiger partial charge in [0.15, 0.2) is 0 Å². The summed E-state index contributed by atoms with van der Waals surface area (Å²) in [6, 6.07) is 29.5. The number of pyridine rings is 3. The van der Waals surface area contributed by atoms with Crippen LogP contribution in [-0.2, 0) is 14.4 Å². The number of unbranched alkanes of at least 4 members (excludes halogenated alkanes) is 3. The van der Waals surface area contributed by atoms with Crippen LogP contribution in [0.15, 0.2) is 146 Å². The molecule has 6 rings (SSSR count). The highest BCUT2D eigenvalue weighted by Crippen LogP contribution is 2.34. The van der Waals surface area contributed by atoms with Gasteiger partial charge in [-0.25, -0.2) is 0 Å². The predicted octanol–water partition coefficient (Wildman–Crippen LogP) is 6.07. The number of amides is 6. The fraction of sp³-hybridized carbons (Fsp3) is 0.291. The Morgan fingerprint density at radius 1 is 0.392 bits per heavy atom. The van der Waals surface area contributed by atoms with Crippen molar-refractivity contribution in [1.29, 1.82) is 0 Å². The Balaban J connectivity index is 0.0000101. The second-order valence-corrected chi connectivity index (χ2v) is 17.4. The van der Waals surface area contributed by atoms with Gasteiger partial charge in [-0.05, 0) is 167 Å². The summed E-state index contributed by atoms with van der Waals surface area (Å²) in [7, 11) is 0. The van der Waals surface area contributed by atoms with Crippen molar-refractivity contribution in [3.05, 3.63) is 180 Å². The third-order valence-corrected chi connectivity index (χ3v) is 12.0. The number of nitrogens with two attached hydrogens (primary N) is 3. The Morgan fingerprint density at radius 2 is 0.662 bits per heavy atom. The van der Waals surface area contributed by atoms with Gasteiger partial charge in [0, 0.05) is 60.2 Å². The third-order valence-electron chi connectivity index (χ3n) is 12.0. The largest absolute Gasteiger partial charge is 0.340 e. The summed E-state index contributed by atoms with van der Waals surface area (Å²) in [4.78, 5) is 92.4. The molecule has 0 saturated heterocycles. The van der Waals surface area contributed by atoms with Crippen LogP contribution < -0.4 is 49.1 Å². The molecule has 0 spiro atoms. The summed E-state index contributed by atoms with van der Waals surface area (Å²) in [6.45, 7) is 1.36. The zero-order valence-electron chi connectivity index (χ0n) is 41.1. The van der Waals surface area contributed by atoms with Crippen molar-refractivity contribution in [1.82, 2.24) is 30.9 Å². The molecule has 0 aliphatic carbocycles. The molecule has 388 valence electrons. The Bertz CT molecular complexity index is 2410. The first-order chi connectivity index (χ1) is 35.6. The molecule has 3 aromatic heterocycles. The summed E-state index contributed by atoms with van der Waals surface area (Å²) >= 11 is 0. The summed E-state index contributed by atoms with van der Waals surface area (Å²) in [5.74, 6) is -2.78. The molecule has 6 aromatic rings. The van der Waals surface area contributed by atoms with E-state index in [9.17, 15) is 28.8 Å². The molecule has 18 nitrogen and oxygen atoms in total. The number of rotatable bonds is 27. The van der Waals surface area contributed by atoms with Crippen LogP contribution in [0.3, 0.4) is 0 Å². The molecule has 0 radical (unpaired) electrons. The number of benzene rings is 3. The van der Waals surface area contributed by atoms with Gasteiger partial charge in [-0.2, -0.15) is 0 Å². The van der Waals surface area contributed by atoms with Gasteiger partial charge < -0.3 is 49.1 Å². The highest BCUT2D eigenvalue weighted by molar-refractivity contribution is 6.03. The first-order valence-corrected chi connectivity index (χ1v) is 24.5. The van der Waals surface area contributed by atoms with Crippen LogP contribution in [0.1, 0.15) is 111 Å². The number of hydrogen-bond acceptors (Lipinski definition) is 12. The van der Waals surface area contributed by atoms with Crippen molar-refractivity contribution < 1.29 is 28.8 Å². The number of nitrogens with zero attached hydrogens (tertiary/aromatic N) is 3. The molecule has 3 heterocycles. The minimum absolute atomic E-state index is 0. The van der Waals surface area contributed by atoms with E-state index in [1.54, 1.807) is 91.4 Å². The lowest BCUT2D eigenvalue weighted by molar-refractivity contribution is -0.118. The maximum absolute atomic E-state index is 13.7. The Hall–Kier alpha value is -7.90. The SMILES string of the molecule is Cl.NCCCC[C@H](NC(=O)c1cccnc1)C(=O)Nc1ccc(C(c2ccc(NC(=O)[C@H](CCCCN)NC(=O)c3cccnc3)cc2)c2ccc(NC(=O)[C@H](CCCCN)NC(=O)c3cccnc3)cc2)cc1. The summed E-state index contributed by atoms with van der Waals surface area (Å²) in [5, 5.41) is 17.4. The molecule has 0 aliphatic rings. The van der Waals surface area contributed by atoms with Gasteiger partial charge in [0.1, 0.15) is 18.1 Å². The lowest BCUT2D eigenvalue weighted by Gasteiger charge is -2.22. The molecule has 3 aromatic carbocycles. The van der Waals surface area contributed by atoms with Crippen LogP contribution in [0.5, 0.6) is 0 Å². The number of hydrogen-bond donors (Lipinski definition) is 9. The quantitative estimate of drug-likeness (QED) is 0.0210. The van der Waals surface area contributed by atoms with Gasteiger partial charge in [-0.3, -0.25) is 43.7 Å². The normalized spacial score (nSPS) is 12.0. The summed E-state index contributed by atoms with van der Waals surface area (Å²) in [6.07, 6.45) is 14.1. The van der Waals surface area contributed by atoms with Crippen molar-refractivity contribution in [3.8, 4) is 0 Å². The molecule has 74 heavy (non-hydrogen) atoms. The smallest absolute Gasteiger partial charge is 0.253 e. The molecule has 0 saturated carbocycles. The Morgan fingerprint density at radius 3 is 0.892 bits per heavy atom. The molecule has 0 bridgehead atoms. The number of anilines is 3. The average Bonchev–Trinajstić information content (AvgIpc) is 3.42.